The molecule has 1 aliphatic heterocycles. The molecule has 1 N–H and O–H groups in total. The van der Waals surface area contributed by atoms with Crippen molar-refractivity contribution in [1.82, 2.24) is 24.3 Å². The second-order valence-corrected chi connectivity index (χ2v) is 9.52. The molecule has 1 amide bonds. The number of guanidine groups is 1. The van der Waals surface area contributed by atoms with Gasteiger partial charge in [-0.05, 0) is 18.6 Å². The van der Waals surface area contributed by atoms with Gasteiger partial charge in [-0.1, -0.05) is 18.2 Å². The van der Waals surface area contributed by atoms with Gasteiger partial charge >= 0.3 is 0 Å². The van der Waals surface area contributed by atoms with Gasteiger partial charge in [0.05, 0.1) is 23.3 Å². The Bertz CT molecular complexity index is 1060. The van der Waals surface area contributed by atoms with Crippen LogP contribution in [-0.2, 0) is 28.4 Å². The van der Waals surface area contributed by atoms with Gasteiger partial charge in [-0.25, -0.2) is 17.7 Å². The first kappa shape index (κ1) is 22.8. The van der Waals surface area contributed by atoms with Crippen molar-refractivity contribution in [3.63, 3.8) is 0 Å². The van der Waals surface area contributed by atoms with E-state index >= 15 is 0 Å². The van der Waals surface area contributed by atoms with Gasteiger partial charge in [0.1, 0.15) is 6.54 Å². The van der Waals surface area contributed by atoms with Crippen LogP contribution in [0.1, 0.15) is 12.5 Å². The maximum Gasteiger partial charge on any atom is 0.246 e. The van der Waals surface area contributed by atoms with E-state index in [1.54, 1.807) is 40.0 Å². The van der Waals surface area contributed by atoms with E-state index in [2.05, 4.69) is 15.4 Å². The minimum Gasteiger partial charge on any atom is -0.356 e. The largest absolute Gasteiger partial charge is 0.356 e. The summed E-state index contributed by atoms with van der Waals surface area (Å²) in [5.74, 6) is 0.541. The molecule has 1 aromatic heterocycles. The zero-order valence-corrected chi connectivity index (χ0v) is 19.1. The molecule has 0 radical (unpaired) electrons. The van der Waals surface area contributed by atoms with Crippen LogP contribution in [0.2, 0.25) is 0 Å². The molecule has 31 heavy (non-hydrogen) atoms. The number of aliphatic imine (C=N–C) groups is 1. The van der Waals surface area contributed by atoms with Crippen LogP contribution in [0.25, 0.3) is 0 Å². The molecule has 0 saturated carbocycles. The van der Waals surface area contributed by atoms with Crippen molar-refractivity contribution in [3.05, 3.63) is 42.2 Å². The van der Waals surface area contributed by atoms with Crippen molar-refractivity contribution < 1.29 is 13.2 Å². The van der Waals surface area contributed by atoms with E-state index in [0.717, 1.165) is 5.69 Å². The number of carbonyl (C=O) groups is 1. The highest BCUT2D eigenvalue weighted by Crippen LogP contribution is 2.20. The molecule has 168 valence electrons. The number of nitrogens with one attached hydrogen (secondary N) is 1. The van der Waals surface area contributed by atoms with E-state index in [4.69, 9.17) is 0 Å². The van der Waals surface area contributed by atoms with Gasteiger partial charge in [0.25, 0.3) is 0 Å². The van der Waals surface area contributed by atoms with Crippen molar-refractivity contribution in [1.29, 1.82) is 0 Å². The Labute approximate surface area is 183 Å². The van der Waals surface area contributed by atoms with E-state index in [-0.39, 0.29) is 23.9 Å². The number of aromatic nitrogens is 2. The summed E-state index contributed by atoms with van der Waals surface area (Å²) in [5, 5.41) is 7.35. The molecule has 0 atom stereocenters. The second kappa shape index (κ2) is 9.48. The van der Waals surface area contributed by atoms with Crippen molar-refractivity contribution in [2.45, 2.75) is 18.4 Å². The number of hydrogen-bond acceptors (Lipinski definition) is 5. The highest BCUT2D eigenvalue weighted by molar-refractivity contribution is 7.89. The summed E-state index contributed by atoms with van der Waals surface area (Å²) < 4.78 is 28.1. The van der Waals surface area contributed by atoms with E-state index in [1.807, 2.05) is 25.1 Å². The molecule has 0 bridgehead atoms. The Balaban J connectivity index is 1.79. The third-order valence-electron chi connectivity index (χ3n) is 4.99. The summed E-state index contributed by atoms with van der Waals surface area (Å²) in [5.41, 5.74) is 1.38. The molecule has 0 unspecified atom stereocenters. The normalized spacial score (nSPS) is 15.6. The predicted molar refractivity (Wildman–Crippen MR) is 119 cm³/mol. The molecular weight excluding hydrogens is 418 g/mol. The molecule has 1 fully saturated rings. The second-order valence-electron chi connectivity index (χ2n) is 7.40. The van der Waals surface area contributed by atoms with Gasteiger partial charge in [-0.15, -0.1) is 0 Å². The number of benzene rings is 1. The van der Waals surface area contributed by atoms with Gasteiger partial charge in [-0.3, -0.25) is 9.48 Å². The Hall–Kier alpha value is -2.92. The topological polar surface area (TPSA) is 103 Å². The van der Waals surface area contributed by atoms with Crippen LogP contribution in [0, 0.1) is 0 Å². The number of amides is 1. The van der Waals surface area contributed by atoms with Gasteiger partial charge in [0, 0.05) is 47.0 Å². The Morgan fingerprint density at radius 2 is 2.00 bits per heavy atom. The molecule has 3 rings (SSSR count). The maximum atomic E-state index is 12.7. The number of sulfonamides is 1. The number of nitrogens with zero attached hydrogens (tertiary/aromatic N) is 6. The maximum absolute atomic E-state index is 12.7. The summed E-state index contributed by atoms with van der Waals surface area (Å²) >= 11 is 0. The number of rotatable bonds is 6. The fraction of sp³-hybridized carbons (Fsp3) is 0.450. The molecule has 10 nitrogen and oxygen atoms in total. The average Bonchev–Trinajstić information content (AvgIpc) is 3.17. The third kappa shape index (κ3) is 5.05. The zero-order chi connectivity index (χ0) is 22.6. The molecule has 2 aromatic rings. The van der Waals surface area contributed by atoms with E-state index in [9.17, 15) is 13.2 Å². The molecule has 11 heteroatoms. The lowest BCUT2D eigenvalue weighted by atomic mass is 10.2. The Morgan fingerprint density at radius 1 is 1.26 bits per heavy atom. The van der Waals surface area contributed by atoms with Crippen molar-refractivity contribution in [3.8, 4) is 0 Å². The quantitative estimate of drug-likeness (QED) is 0.511. The highest BCUT2D eigenvalue weighted by atomic mass is 32.2. The van der Waals surface area contributed by atoms with Crippen LogP contribution in [0.5, 0.6) is 0 Å². The molecule has 1 saturated heterocycles. The van der Waals surface area contributed by atoms with E-state index in [0.29, 0.717) is 31.2 Å². The number of anilines is 1. The third-order valence-corrected chi connectivity index (χ3v) is 6.90. The minimum atomic E-state index is -3.58. The van der Waals surface area contributed by atoms with Crippen LogP contribution < -0.4 is 10.2 Å². The minimum absolute atomic E-state index is 0.0413. The standard InChI is InChI=1S/C20H29N7O3S/c1-5-21-20(22-12-16-8-6-7-9-18(16)31(29,30)24(2)3)26-10-11-27(19(28)15-26)17-13-23-25(4)14-17/h6-9,13-14H,5,10-12,15H2,1-4H3,(H,21,22). The van der Waals surface area contributed by atoms with Crippen LogP contribution in [0.3, 0.4) is 0 Å². The summed E-state index contributed by atoms with van der Waals surface area (Å²) in [6, 6.07) is 6.84. The fourth-order valence-electron chi connectivity index (χ4n) is 3.34. The molecule has 0 aliphatic carbocycles. The number of hydrogen-bond donors (Lipinski definition) is 1. The first-order chi connectivity index (χ1) is 14.7. The van der Waals surface area contributed by atoms with Crippen molar-refractivity contribution in [2.24, 2.45) is 12.0 Å². The summed E-state index contributed by atoms with van der Waals surface area (Å²) in [6.07, 6.45) is 3.49. The lowest BCUT2D eigenvalue weighted by molar-refractivity contribution is -0.120. The van der Waals surface area contributed by atoms with Crippen molar-refractivity contribution in [2.75, 3.05) is 45.2 Å². The van der Waals surface area contributed by atoms with Crippen LogP contribution in [0.15, 0.2) is 46.5 Å². The molecule has 2 heterocycles. The lowest BCUT2D eigenvalue weighted by Crippen LogP contribution is -2.55. The predicted octanol–water partition coefficient (Wildman–Crippen LogP) is 0.485. The van der Waals surface area contributed by atoms with Crippen LogP contribution >= 0.6 is 0 Å². The SMILES string of the molecule is CCNC(=NCc1ccccc1S(=O)(=O)N(C)C)N1CCN(c2cnn(C)c2)C(=O)C1. The molecule has 1 aromatic carbocycles. The Kier molecular flexibility index (Phi) is 6.96. The fourth-order valence-corrected chi connectivity index (χ4v) is 4.45. The first-order valence-electron chi connectivity index (χ1n) is 10.1. The molecule has 0 spiro atoms. The molecule has 1 aliphatic rings. The van der Waals surface area contributed by atoms with Crippen molar-refractivity contribution >= 4 is 27.6 Å². The van der Waals surface area contributed by atoms with Crippen LogP contribution in [-0.4, -0.2) is 79.5 Å². The Morgan fingerprint density at radius 3 is 2.61 bits per heavy atom. The van der Waals surface area contributed by atoms with E-state index in [1.165, 1.54) is 18.4 Å². The first-order valence-corrected chi connectivity index (χ1v) is 11.5. The summed E-state index contributed by atoms with van der Waals surface area (Å²) in [7, 11) is 1.25. The summed E-state index contributed by atoms with van der Waals surface area (Å²) in [4.78, 5) is 21.2. The van der Waals surface area contributed by atoms with Gasteiger partial charge in [0.2, 0.25) is 15.9 Å². The number of carbonyl (C=O) groups excluding carboxylic acids is 1. The number of piperazine rings is 1. The van der Waals surface area contributed by atoms with E-state index < -0.39 is 10.0 Å². The highest BCUT2D eigenvalue weighted by Gasteiger charge is 2.28. The van der Waals surface area contributed by atoms with Crippen LogP contribution in [0.4, 0.5) is 5.69 Å². The average molecular weight is 448 g/mol. The lowest BCUT2D eigenvalue weighted by Gasteiger charge is -2.35. The number of aryl methyl sites for hydroxylation is 1. The van der Waals surface area contributed by atoms with Gasteiger partial charge in [0.15, 0.2) is 5.96 Å². The smallest absolute Gasteiger partial charge is 0.246 e. The van der Waals surface area contributed by atoms with Gasteiger partial charge < -0.3 is 15.1 Å². The summed E-state index contributed by atoms with van der Waals surface area (Å²) in [6.45, 7) is 4.06. The monoisotopic (exact) mass is 447 g/mol. The molecular formula is C20H29N7O3S. The zero-order valence-electron chi connectivity index (χ0n) is 18.3. The van der Waals surface area contributed by atoms with Gasteiger partial charge in [-0.2, -0.15) is 5.10 Å².